The van der Waals surface area contributed by atoms with Crippen molar-refractivity contribution in [2.24, 2.45) is 0 Å². The molecule has 0 radical (unpaired) electrons. The molecule has 0 saturated heterocycles. The average molecular weight is 448 g/mol. The number of sulfonamides is 1. The van der Waals surface area contributed by atoms with Gasteiger partial charge in [0.15, 0.2) is 0 Å². The predicted molar refractivity (Wildman–Crippen MR) is 120 cm³/mol. The van der Waals surface area contributed by atoms with Crippen molar-refractivity contribution in [2.75, 3.05) is 25.5 Å². The third-order valence-corrected chi connectivity index (χ3v) is 7.83. The van der Waals surface area contributed by atoms with Crippen LogP contribution in [0.15, 0.2) is 47.4 Å². The number of aryl methyl sites for hydroxylation is 1. The minimum Gasteiger partial charge on any atom is -0.495 e. The van der Waals surface area contributed by atoms with E-state index < -0.39 is 10.0 Å². The molecule has 2 aromatic carbocycles. The van der Waals surface area contributed by atoms with Crippen LogP contribution in [0.4, 0.5) is 5.69 Å². The smallest absolute Gasteiger partial charge is 0.243 e. The SMILES string of the molecule is CCN(CC)S(=O)(=O)c1ccc(OC)c(NC(=O)CCc2nc3ccccc3s2)c1. The summed E-state index contributed by atoms with van der Waals surface area (Å²) in [4.78, 5) is 17.2. The van der Waals surface area contributed by atoms with Crippen LogP contribution in [0.25, 0.3) is 10.2 Å². The summed E-state index contributed by atoms with van der Waals surface area (Å²) in [5.41, 5.74) is 1.26. The lowest BCUT2D eigenvalue weighted by Crippen LogP contribution is -2.30. The molecule has 1 N–H and O–H groups in total. The summed E-state index contributed by atoms with van der Waals surface area (Å²) in [5.74, 6) is 0.173. The lowest BCUT2D eigenvalue weighted by Gasteiger charge is -2.19. The number of carbonyl (C=O) groups excluding carboxylic acids is 1. The van der Waals surface area contributed by atoms with Crippen molar-refractivity contribution in [2.45, 2.75) is 31.6 Å². The van der Waals surface area contributed by atoms with Crippen molar-refractivity contribution < 1.29 is 17.9 Å². The van der Waals surface area contributed by atoms with Gasteiger partial charge in [0.1, 0.15) is 5.75 Å². The zero-order valence-corrected chi connectivity index (χ0v) is 18.8. The molecule has 0 bridgehead atoms. The van der Waals surface area contributed by atoms with Gasteiger partial charge in [-0.25, -0.2) is 13.4 Å². The number of nitrogens with one attached hydrogen (secondary N) is 1. The minimum atomic E-state index is -3.64. The maximum atomic E-state index is 12.8. The number of hydrogen-bond donors (Lipinski definition) is 1. The number of anilines is 1. The molecule has 1 amide bonds. The summed E-state index contributed by atoms with van der Waals surface area (Å²) < 4.78 is 33.3. The molecule has 1 aromatic heterocycles. The largest absolute Gasteiger partial charge is 0.495 e. The minimum absolute atomic E-state index is 0.119. The van der Waals surface area contributed by atoms with E-state index >= 15 is 0 Å². The Morgan fingerprint density at radius 3 is 2.57 bits per heavy atom. The number of benzene rings is 2. The number of para-hydroxylation sites is 1. The zero-order chi connectivity index (χ0) is 21.7. The van der Waals surface area contributed by atoms with Gasteiger partial charge in [0.2, 0.25) is 15.9 Å². The molecule has 9 heteroatoms. The van der Waals surface area contributed by atoms with Crippen molar-refractivity contribution in [3.05, 3.63) is 47.5 Å². The zero-order valence-electron chi connectivity index (χ0n) is 17.2. The van der Waals surface area contributed by atoms with E-state index in [0.717, 1.165) is 15.2 Å². The van der Waals surface area contributed by atoms with Gasteiger partial charge in [-0.2, -0.15) is 4.31 Å². The summed E-state index contributed by atoms with van der Waals surface area (Å²) in [6, 6.07) is 12.3. The summed E-state index contributed by atoms with van der Waals surface area (Å²) in [6.45, 7) is 4.31. The Morgan fingerprint density at radius 2 is 1.90 bits per heavy atom. The first-order chi connectivity index (χ1) is 14.4. The molecule has 0 aliphatic rings. The lowest BCUT2D eigenvalue weighted by molar-refractivity contribution is -0.116. The molecule has 0 atom stereocenters. The number of fused-ring (bicyclic) bond motifs is 1. The van der Waals surface area contributed by atoms with E-state index in [4.69, 9.17) is 4.74 Å². The Labute approximate surface area is 180 Å². The number of hydrogen-bond acceptors (Lipinski definition) is 6. The highest BCUT2D eigenvalue weighted by molar-refractivity contribution is 7.89. The van der Waals surface area contributed by atoms with Crippen molar-refractivity contribution in [3.63, 3.8) is 0 Å². The molecule has 3 rings (SSSR count). The van der Waals surface area contributed by atoms with E-state index in [9.17, 15) is 13.2 Å². The van der Waals surface area contributed by atoms with Crippen molar-refractivity contribution in [1.29, 1.82) is 0 Å². The maximum absolute atomic E-state index is 12.8. The second kappa shape index (κ2) is 9.55. The number of carbonyl (C=O) groups is 1. The van der Waals surface area contributed by atoms with Crippen LogP contribution in [0.2, 0.25) is 0 Å². The molecule has 7 nitrogen and oxygen atoms in total. The van der Waals surface area contributed by atoms with Crippen LogP contribution in [0.5, 0.6) is 5.75 Å². The van der Waals surface area contributed by atoms with Crippen molar-refractivity contribution >= 4 is 43.2 Å². The molecule has 1 heterocycles. The first-order valence-corrected chi connectivity index (χ1v) is 12.0. The normalized spacial score (nSPS) is 11.7. The Morgan fingerprint density at radius 1 is 1.17 bits per heavy atom. The van der Waals surface area contributed by atoms with Crippen LogP contribution in [-0.4, -0.2) is 43.8 Å². The fourth-order valence-corrected chi connectivity index (χ4v) is 5.57. The monoisotopic (exact) mass is 447 g/mol. The van der Waals surface area contributed by atoms with Gasteiger partial charge in [-0.05, 0) is 30.3 Å². The first-order valence-electron chi connectivity index (χ1n) is 9.71. The van der Waals surface area contributed by atoms with Crippen LogP contribution in [0, 0.1) is 0 Å². The van der Waals surface area contributed by atoms with Crippen LogP contribution in [0.3, 0.4) is 0 Å². The van der Waals surface area contributed by atoms with Gasteiger partial charge in [0.05, 0.1) is 32.9 Å². The maximum Gasteiger partial charge on any atom is 0.243 e. The van der Waals surface area contributed by atoms with E-state index in [1.54, 1.807) is 31.3 Å². The second-order valence-corrected chi connectivity index (χ2v) is 9.63. The van der Waals surface area contributed by atoms with E-state index in [1.807, 2.05) is 24.3 Å². The molecule has 0 spiro atoms. The van der Waals surface area contributed by atoms with Gasteiger partial charge in [0.25, 0.3) is 0 Å². The number of nitrogens with zero attached hydrogens (tertiary/aromatic N) is 2. The quantitative estimate of drug-likeness (QED) is 0.537. The highest BCUT2D eigenvalue weighted by atomic mass is 32.2. The number of thiazole rings is 1. The molecular weight excluding hydrogens is 422 g/mol. The third-order valence-electron chi connectivity index (χ3n) is 4.69. The fourth-order valence-electron chi connectivity index (χ4n) is 3.12. The van der Waals surface area contributed by atoms with E-state index in [-0.39, 0.29) is 17.2 Å². The summed E-state index contributed by atoms with van der Waals surface area (Å²) in [7, 11) is -2.16. The highest BCUT2D eigenvalue weighted by Gasteiger charge is 2.23. The van der Waals surface area contributed by atoms with Crippen molar-refractivity contribution in [3.8, 4) is 5.75 Å². The van der Waals surface area contributed by atoms with Crippen LogP contribution in [0.1, 0.15) is 25.3 Å². The third kappa shape index (κ3) is 4.80. The summed E-state index contributed by atoms with van der Waals surface area (Å²) in [5, 5.41) is 3.67. The molecule has 0 unspecified atom stereocenters. The van der Waals surface area contributed by atoms with Crippen LogP contribution >= 0.6 is 11.3 Å². The molecule has 0 aliphatic carbocycles. The molecular formula is C21H25N3O4S2. The molecule has 0 saturated carbocycles. The van der Waals surface area contributed by atoms with E-state index in [2.05, 4.69) is 10.3 Å². The Hall–Kier alpha value is -2.49. The molecule has 160 valence electrons. The van der Waals surface area contributed by atoms with Gasteiger partial charge in [-0.1, -0.05) is 26.0 Å². The Kier molecular flexibility index (Phi) is 7.06. The lowest BCUT2D eigenvalue weighted by atomic mass is 10.2. The first kappa shape index (κ1) is 22.2. The van der Waals surface area contributed by atoms with Gasteiger partial charge in [-0.3, -0.25) is 4.79 Å². The van der Waals surface area contributed by atoms with E-state index in [1.165, 1.54) is 23.5 Å². The number of aromatic nitrogens is 1. The molecule has 0 fully saturated rings. The molecule has 30 heavy (non-hydrogen) atoms. The topological polar surface area (TPSA) is 88.6 Å². The van der Waals surface area contributed by atoms with Gasteiger partial charge in [0, 0.05) is 25.9 Å². The second-order valence-electron chi connectivity index (χ2n) is 6.57. The van der Waals surface area contributed by atoms with Gasteiger partial charge >= 0.3 is 0 Å². The average Bonchev–Trinajstić information content (AvgIpc) is 3.16. The fraction of sp³-hybridized carbons (Fsp3) is 0.333. The van der Waals surface area contributed by atoms with Gasteiger partial charge < -0.3 is 10.1 Å². The van der Waals surface area contributed by atoms with Gasteiger partial charge in [-0.15, -0.1) is 11.3 Å². The number of ether oxygens (including phenoxy) is 1. The number of methoxy groups -OCH3 is 1. The number of rotatable bonds is 9. The van der Waals surface area contributed by atoms with Crippen LogP contribution in [-0.2, 0) is 21.2 Å². The number of amides is 1. The standard InChI is InChI=1S/C21H25N3O4S2/c1-4-24(5-2)30(26,27)15-10-11-18(28-3)17(14-15)22-20(25)12-13-21-23-16-8-6-7-9-19(16)29-21/h6-11,14H,4-5,12-13H2,1-3H3,(H,22,25). The Balaban J connectivity index is 1.74. The summed E-state index contributed by atoms with van der Waals surface area (Å²) >= 11 is 1.57. The molecule has 0 aliphatic heterocycles. The van der Waals surface area contributed by atoms with E-state index in [0.29, 0.717) is 30.9 Å². The molecule has 3 aromatic rings. The van der Waals surface area contributed by atoms with Crippen LogP contribution < -0.4 is 10.1 Å². The van der Waals surface area contributed by atoms with Crippen molar-refractivity contribution in [1.82, 2.24) is 9.29 Å². The summed E-state index contributed by atoms with van der Waals surface area (Å²) in [6.07, 6.45) is 0.737. The highest BCUT2D eigenvalue weighted by Crippen LogP contribution is 2.29. The predicted octanol–water partition coefficient (Wildman–Crippen LogP) is 3.91. The Bertz CT molecular complexity index is 1110.